The molecule has 4 N–H and O–H groups in total. The first-order valence-corrected chi connectivity index (χ1v) is 8.91. The Balaban J connectivity index is 1.77. The second-order valence-electron chi connectivity index (χ2n) is 5.62. The number of rotatable bonds is 6. The molecule has 0 fully saturated rings. The third-order valence-corrected chi connectivity index (χ3v) is 3.58. The molecule has 0 aliphatic carbocycles. The predicted molar refractivity (Wildman–Crippen MR) is 109 cm³/mol. The van der Waals surface area contributed by atoms with Gasteiger partial charge in [-0.15, -0.1) is 0 Å². The highest BCUT2D eigenvalue weighted by Gasteiger charge is 2.08. The Hall–Kier alpha value is -3.46. The molecular weight excluding hydrogens is 380 g/mol. The van der Waals surface area contributed by atoms with Gasteiger partial charge in [-0.1, -0.05) is 6.92 Å². The van der Waals surface area contributed by atoms with Crippen LogP contribution in [0.5, 0.6) is 0 Å². The van der Waals surface area contributed by atoms with Crippen LogP contribution in [0.4, 0.5) is 5.69 Å². The van der Waals surface area contributed by atoms with E-state index < -0.39 is 11.8 Å². The molecule has 0 saturated carbocycles. The van der Waals surface area contributed by atoms with E-state index in [0.29, 0.717) is 23.4 Å². The van der Waals surface area contributed by atoms with Gasteiger partial charge < -0.3 is 9.73 Å². The molecule has 8 nitrogen and oxygen atoms in total. The van der Waals surface area contributed by atoms with Crippen molar-refractivity contribution < 1.29 is 18.8 Å². The molecule has 2 aromatic rings. The molecule has 0 aliphatic heterocycles. The smallest absolute Gasteiger partial charge is 0.269 e. The number of carbonyl (C=O) groups excluding carboxylic acids is 3. The summed E-state index contributed by atoms with van der Waals surface area (Å²) in [4.78, 5) is 35.4. The Morgan fingerprint density at radius 3 is 2.50 bits per heavy atom. The van der Waals surface area contributed by atoms with E-state index in [9.17, 15) is 14.4 Å². The van der Waals surface area contributed by atoms with Crippen molar-refractivity contribution in [2.45, 2.75) is 19.8 Å². The van der Waals surface area contributed by atoms with Gasteiger partial charge in [-0.2, -0.15) is 0 Å². The lowest BCUT2D eigenvalue weighted by molar-refractivity contribution is -0.116. The molecule has 2 rings (SSSR count). The Bertz CT molecular complexity index is 861. The van der Waals surface area contributed by atoms with E-state index in [4.69, 9.17) is 16.6 Å². The van der Waals surface area contributed by atoms with Crippen molar-refractivity contribution in [2.75, 3.05) is 5.32 Å². The number of benzene rings is 1. The zero-order chi connectivity index (χ0) is 20.4. The molecule has 0 radical (unpaired) electrons. The standard InChI is InChI=1S/C19H20N4O4S/c1-2-4-16(24)20-14-8-6-13(7-9-14)18(26)22-23-19(28)21-17(25)11-10-15-5-3-12-27-15/h3,5-12H,2,4H2,1H3,(H,20,24)(H,22,26)(H2,21,23,25,28). The van der Waals surface area contributed by atoms with Crippen LogP contribution in [0.3, 0.4) is 0 Å². The van der Waals surface area contributed by atoms with Gasteiger partial charge in [0.15, 0.2) is 5.11 Å². The third kappa shape index (κ3) is 7.04. The van der Waals surface area contributed by atoms with Crippen LogP contribution in [0.15, 0.2) is 53.2 Å². The van der Waals surface area contributed by atoms with Crippen LogP contribution in [0.25, 0.3) is 6.08 Å². The van der Waals surface area contributed by atoms with Crippen molar-refractivity contribution in [2.24, 2.45) is 0 Å². The summed E-state index contributed by atoms with van der Waals surface area (Å²) >= 11 is 4.94. The van der Waals surface area contributed by atoms with E-state index in [2.05, 4.69) is 21.5 Å². The van der Waals surface area contributed by atoms with Crippen LogP contribution < -0.4 is 21.5 Å². The lowest BCUT2D eigenvalue weighted by Crippen LogP contribution is -2.48. The van der Waals surface area contributed by atoms with Crippen molar-refractivity contribution in [3.05, 3.63) is 60.1 Å². The largest absolute Gasteiger partial charge is 0.465 e. The van der Waals surface area contributed by atoms with Crippen LogP contribution in [-0.2, 0) is 9.59 Å². The van der Waals surface area contributed by atoms with E-state index >= 15 is 0 Å². The van der Waals surface area contributed by atoms with Gasteiger partial charge in [0.05, 0.1) is 6.26 Å². The van der Waals surface area contributed by atoms with Gasteiger partial charge in [0.25, 0.3) is 5.91 Å². The highest BCUT2D eigenvalue weighted by atomic mass is 32.1. The molecular formula is C19H20N4O4S. The fourth-order valence-corrected chi connectivity index (χ4v) is 2.22. The summed E-state index contributed by atoms with van der Waals surface area (Å²) in [5, 5.41) is 5.05. The van der Waals surface area contributed by atoms with Gasteiger partial charge in [0.2, 0.25) is 11.8 Å². The summed E-state index contributed by atoms with van der Waals surface area (Å²) in [6.45, 7) is 1.92. The number of anilines is 1. The molecule has 3 amide bonds. The zero-order valence-corrected chi connectivity index (χ0v) is 16.0. The molecule has 0 bridgehead atoms. The van der Waals surface area contributed by atoms with Crippen LogP contribution in [0.2, 0.25) is 0 Å². The molecule has 0 spiro atoms. The average Bonchev–Trinajstić information content (AvgIpc) is 3.19. The molecule has 0 unspecified atom stereocenters. The SMILES string of the molecule is CCCC(=O)Nc1ccc(C(=O)NNC(=S)NC(=O)C=Cc2ccco2)cc1. The molecule has 28 heavy (non-hydrogen) atoms. The first-order chi connectivity index (χ1) is 13.5. The van der Waals surface area contributed by atoms with Crippen LogP contribution in [0.1, 0.15) is 35.9 Å². The second-order valence-corrected chi connectivity index (χ2v) is 6.03. The summed E-state index contributed by atoms with van der Waals surface area (Å²) in [7, 11) is 0. The lowest BCUT2D eigenvalue weighted by Gasteiger charge is -2.10. The first-order valence-electron chi connectivity index (χ1n) is 8.50. The maximum Gasteiger partial charge on any atom is 0.269 e. The van der Waals surface area contributed by atoms with Gasteiger partial charge in [-0.25, -0.2) is 0 Å². The molecule has 146 valence electrons. The number of carbonyl (C=O) groups is 3. The van der Waals surface area contributed by atoms with Crippen molar-refractivity contribution in [3.63, 3.8) is 0 Å². The Morgan fingerprint density at radius 1 is 1.11 bits per heavy atom. The van der Waals surface area contributed by atoms with Gasteiger partial charge >= 0.3 is 0 Å². The topological polar surface area (TPSA) is 112 Å². The number of hydrogen-bond acceptors (Lipinski definition) is 5. The van der Waals surface area contributed by atoms with E-state index in [1.807, 2.05) is 6.92 Å². The first kappa shape index (κ1) is 20.8. The quantitative estimate of drug-likeness (QED) is 0.336. The number of hydrazine groups is 1. The molecule has 1 aromatic carbocycles. The molecule has 0 saturated heterocycles. The fraction of sp³-hybridized carbons (Fsp3) is 0.158. The summed E-state index contributed by atoms with van der Waals surface area (Å²) in [6.07, 6.45) is 5.42. The number of hydrogen-bond donors (Lipinski definition) is 4. The monoisotopic (exact) mass is 400 g/mol. The van der Waals surface area contributed by atoms with E-state index in [0.717, 1.165) is 6.42 Å². The van der Waals surface area contributed by atoms with Gasteiger partial charge in [0.1, 0.15) is 5.76 Å². The number of furan rings is 1. The summed E-state index contributed by atoms with van der Waals surface area (Å²) in [5.74, 6) is -0.482. The fourth-order valence-electron chi connectivity index (χ4n) is 2.07. The predicted octanol–water partition coefficient (Wildman–Crippen LogP) is 2.37. The number of thiocarbonyl (C=S) groups is 1. The maximum atomic E-state index is 12.1. The zero-order valence-electron chi connectivity index (χ0n) is 15.2. The van der Waals surface area contributed by atoms with Crippen molar-refractivity contribution in [1.29, 1.82) is 0 Å². The van der Waals surface area contributed by atoms with Gasteiger partial charge in [0, 0.05) is 23.7 Å². The van der Waals surface area contributed by atoms with Crippen molar-refractivity contribution >= 4 is 46.8 Å². The molecule has 1 aromatic heterocycles. The van der Waals surface area contributed by atoms with Crippen molar-refractivity contribution in [1.82, 2.24) is 16.2 Å². The number of amides is 3. The van der Waals surface area contributed by atoms with Gasteiger partial charge in [-0.3, -0.25) is 30.6 Å². The average molecular weight is 400 g/mol. The lowest BCUT2D eigenvalue weighted by atomic mass is 10.2. The normalized spacial score (nSPS) is 10.3. The van der Waals surface area contributed by atoms with E-state index in [-0.39, 0.29) is 11.0 Å². The highest BCUT2D eigenvalue weighted by Crippen LogP contribution is 2.10. The number of nitrogens with one attached hydrogen (secondary N) is 4. The Morgan fingerprint density at radius 2 is 1.86 bits per heavy atom. The van der Waals surface area contributed by atoms with E-state index in [1.165, 1.54) is 18.4 Å². The van der Waals surface area contributed by atoms with Gasteiger partial charge in [-0.05, 0) is 61.1 Å². The second kappa shape index (κ2) is 10.6. The Kier molecular flexibility index (Phi) is 7.92. The Labute approximate surface area is 167 Å². The third-order valence-electron chi connectivity index (χ3n) is 3.38. The minimum Gasteiger partial charge on any atom is -0.465 e. The van der Waals surface area contributed by atoms with Crippen molar-refractivity contribution in [3.8, 4) is 0 Å². The summed E-state index contributed by atoms with van der Waals surface area (Å²) in [5.41, 5.74) is 5.78. The molecule has 9 heteroatoms. The van der Waals surface area contributed by atoms with Crippen LogP contribution in [0, 0.1) is 0 Å². The summed E-state index contributed by atoms with van der Waals surface area (Å²) < 4.78 is 5.06. The molecule has 0 atom stereocenters. The highest BCUT2D eigenvalue weighted by molar-refractivity contribution is 7.80. The summed E-state index contributed by atoms with van der Waals surface area (Å²) in [6, 6.07) is 9.77. The molecule has 1 heterocycles. The van der Waals surface area contributed by atoms with Crippen LogP contribution in [-0.4, -0.2) is 22.8 Å². The minimum atomic E-state index is -0.477. The van der Waals surface area contributed by atoms with E-state index in [1.54, 1.807) is 36.4 Å². The van der Waals surface area contributed by atoms with Crippen LogP contribution >= 0.6 is 12.2 Å². The molecule has 0 aliphatic rings. The minimum absolute atomic E-state index is 0.0640. The maximum absolute atomic E-state index is 12.1.